The van der Waals surface area contributed by atoms with Crippen LogP contribution in [0, 0.1) is 13.8 Å². The Balaban J connectivity index is 1.44. The molecule has 1 saturated heterocycles. The molecule has 1 aliphatic rings. The minimum absolute atomic E-state index is 0.241. The Bertz CT molecular complexity index is 972. The Morgan fingerprint density at radius 3 is 2.66 bits per heavy atom. The van der Waals surface area contributed by atoms with Gasteiger partial charge in [0.2, 0.25) is 0 Å². The topological polar surface area (TPSA) is 80.5 Å². The van der Waals surface area contributed by atoms with Crippen molar-refractivity contribution in [2.24, 2.45) is 0 Å². The molecular weight excluding hydrogens is 368 g/mol. The van der Waals surface area contributed by atoms with Crippen LogP contribution in [0.15, 0.2) is 47.1 Å². The quantitative estimate of drug-likeness (QED) is 0.680. The van der Waals surface area contributed by atoms with E-state index in [0.29, 0.717) is 22.8 Å². The summed E-state index contributed by atoms with van der Waals surface area (Å²) in [6.45, 7) is 6.07. The summed E-state index contributed by atoms with van der Waals surface area (Å²) in [5.74, 6) is 1.93. The van der Waals surface area contributed by atoms with E-state index in [2.05, 4.69) is 20.4 Å². The number of hydrogen-bond acceptors (Lipinski definition) is 6. The van der Waals surface area contributed by atoms with Gasteiger partial charge in [-0.1, -0.05) is 17.3 Å². The zero-order valence-corrected chi connectivity index (χ0v) is 16.6. The molecule has 0 radical (unpaired) electrons. The summed E-state index contributed by atoms with van der Waals surface area (Å²) in [6, 6.07) is 11.0. The van der Waals surface area contributed by atoms with E-state index >= 15 is 0 Å². The van der Waals surface area contributed by atoms with Gasteiger partial charge < -0.3 is 19.5 Å². The maximum absolute atomic E-state index is 12.8. The Labute approximate surface area is 169 Å². The zero-order valence-electron chi connectivity index (χ0n) is 16.6. The van der Waals surface area contributed by atoms with Gasteiger partial charge in [-0.05, 0) is 51.0 Å². The first-order chi connectivity index (χ1) is 14.1. The summed E-state index contributed by atoms with van der Waals surface area (Å²) in [5.41, 5.74) is 2.79. The van der Waals surface area contributed by atoms with E-state index in [4.69, 9.17) is 9.26 Å². The van der Waals surface area contributed by atoms with Gasteiger partial charge >= 0.3 is 0 Å². The van der Waals surface area contributed by atoms with Gasteiger partial charge in [0.25, 0.3) is 5.91 Å². The van der Waals surface area contributed by atoms with E-state index in [0.717, 1.165) is 30.2 Å². The lowest BCUT2D eigenvalue weighted by molar-refractivity contribution is 0.102. The molecular formula is C22H24N4O3. The number of nitrogens with one attached hydrogen (secondary N) is 1. The fourth-order valence-electron chi connectivity index (χ4n) is 3.43. The van der Waals surface area contributed by atoms with Crippen molar-refractivity contribution in [1.29, 1.82) is 0 Å². The largest absolute Gasteiger partial charge is 0.488 e. The number of nitrogens with zero attached hydrogens (tertiary/aromatic N) is 3. The number of amides is 1. The van der Waals surface area contributed by atoms with Crippen LogP contribution in [0.25, 0.3) is 0 Å². The number of carbonyl (C=O) groups excluding carboxylic acids is 1. The Hall–Kier alpha value is -3.35. The number of carbonyl (C=O) groups is 1. The van der Waals surface area contributed by atoms with Gasteiger partial charge in [0.15, 0.2) is 0 Å². The first kappa shape index (κ1) is 19.0. The van der Waals surface area contributed by atoms with Crippen molar-refractivity contribution >= 4 is 17.4 Å². The monoisotopic (exact) mass is 392 g/mol. The van der Waals surface area contributed by atoms with Crippen molar-refractivity contribution < 1.29 is 14.1 Å². The molecule has 0 spiro atoms. The van der Waals surface area contributed by atoms with Crippen LogP contribution in [0.2, 0.25) is 0 Å². The highest BCUT2D eigenvalue weighted by molar-refractivity contribution is 6.06. The molecule has 0 saturated carbocycles. The lowest BCUT2D eigenvalue weighted by Gasteiger charge is -2.16. The third-order valence-electron chi connectivity index (χ3n) is 5.12. The van der Waals surface area contributed by atoms with Crippen LogP contribution >= 0.6 is 0 Å². The Morgan fingerprint density at radius 1 is 1.17 bits per heavy atom. The van der Waals surface area contributed by atoms with Crippen LogP contribution in [0.4, 0.5) is 11.5 Å². The first-order valence-electron chi connectivity index (χ1n) is 9.78. The lowest BCUT2D eigenvalue weighted by atomic mass is 10.1. The molecule has 0 atom stereocenters. The Kier molecular flexibility index (Phi) is 5.46. The van der Waals surface area contributed by atoms with Crippen molar-refractivity contribution in [3.8, 4) is 5.75 Å². The van der Waals surface area contributed by atoms with Gasteiger partial charge in [-0.25, -0.2) is 4.98 Å². The zero-order chi connectivity index (χ0) is 20.2. The minimum Gasteiger partial charge on any atom is -0.488 e. The fourth-order valence-corrected chi connectivity index (χ4v) is 3.43. The molecule has 4 rings (SSSR count). The molecule has 150 valence electrons. The predicted molar refractivity (Wildman–Crippen MR) is 110 cm³/mol. The average molecular weight is 392 g/mol. The van der Waals surface area contributed by atoms with Crippen molar-refractivity contribution in [3.05, 3.63) is 65.2 Å². The molecule has 0 unspecified atom stereocenters. The van der Waals surface area contributed by atoms with Crippen molar-refractivity contribution in [1.82, 2.24) is 10.1 Å². The normalized spacial score (nSPS) is 13.5. The van der Waals surface area contributed by atoms with Crippen LogP contribution in [-0.2, 0) is 6.61 Å². The van der Waals surface area contributed by atoms with Crippen molar-refractivity contribution in [2.75, 3.05) is 23.3 Å². The van der Waals surface area contributed by atoms with Crippen LogP contribution in [-0.4, -0.2) is 29.1 Å². The molecule has 7 heteroatoms. The van der Waals surface area contributed by atoms with Crippen molar-refractivity contribution in [3.63, 3.8) is 0 Å². The van der Waals surface area contributed by atoms with Gasteiger partial charge in [0.05, 0.1) is 28.7 Å². The van der Waals surface area contributed by atoms with Crippen LogP contribution < -0.4 is 15.0 Å². The number of para-hydroxylation sites is 1. The molecule has 1 amide bonds. The fraction of sp³-hybridized carbons (Fsp3) is 0.318. The second-order valence-corrected chi connectivity index (χ2v) is 7.14. The SMILES string of the molecule is Cc1noc(C)c1COc1ccccc1C(=O)Nc1ccc(N2CCCC2)nc1. The molecule has 2 aromatic heterocycles. The summed E-state index contributed by atoms with van der Waals surface area (Å²) in [4.78, 5) is 19.5. The van der Waals surface area contributed by atoms with E-state index < -0.39 is 0 Å². The molecule has 1 aliphatic heterocycles. The number of ether oxygens (including phenoxy) is 1. The van der Waals surface area contributed by atoms with Gasteiger partial charge in [-0.3, -0.25) is 4.79 Å². The highest BCUT2D eigenvalue weighted by Crippen LogP contribution is 2.23. The van der Waals surface area contributed by atoms with Gasteiger partial charge in [-0.15, -0.1) is 0 Å². The molecule has 3 heterocycles. The second-order valence-electron chi connectivity index (χ2n) is 7.14. The highest BCUT2D eigenvalue weighted by Gasteiger charge is 2.16. The number of aryl methyl sites for hydroxylation is 2. The van der Waals surface area contributed by atoms with E-state index in [1.54, 1.807) is 18.3 Å². The summed E-state index contributed by atoms with van der Waals surface area (Å²) < 4.78 is 11.1. The minimum atomic E-state index is -0.241. The summed E-state index contributed by atoms with van der Waals surface area (Å²) in [5, 5.41) is 6.83. The molecule has 3 aromatic rings. The molecule has 7 nitrogen and oxygen atoms in total. The summed E-state index contributed by atoms with van der Waals surface area (Å²) in [6.07, 6.45) is 4.09. The van der Waals surface area contributed by atoms with Crippen LogP contribution in [0.1, 0.15) is 40.2 Å². The number of pyridine rings is 1. The van der Waals surface area contributed by atoms with E-state index in [-0.39, 0.29) is 12.5 Å². The number of aromatic nitrogens is 2. The summed E-state index contributed by atoms with van der Waals surface area (Å²) >= 11 is 0. The van der Waals surface area contributed by atoms with E-state index in [9.17, 15) is 4.79 Å². The van der Waals surface area contributed by atoms with Gasteiger partial charge in [0.1, 0.15) is 23.9 Å². The predicted octanol–water partition coefficient (Wildman–Crippen LogP) is 4.12. The number of benzene rings is 1. The van der Waals surface area contributed by atoms with Gasteiger partial charge in [-0.2, -0.15) is 0 Å². The maximum atomic E-state index is 12.8. The van der Waals surface area contributed by atoms with E-state index in [1.807, 2.05) is 38.1 Å². The van der Waals surface area contributed by atoms with Crippen LogP contribution in [0.3, 0.4) is 0 Å². The molecule has 0 aliphatic carbocycles. The Morgan fingerprint density at radius 2 is 1.97 bits per heavy atom. The molecule has 1 aromatic carbocycles. The average Bonchev–Trinajstić information content (AvgIpc) is 3.38. The summed E-state index contributed by atoms with van der Waals surface area (Å²) in [7, 11) is 0. The standard InChI is InChI=1S/C22H24N4O3/c1-15-19(16(2)29-25-15)14-28-20-8-4-3-7-18(20)22(27)24-17-9-10-21(23-13-17)26-11-5-6-12-26/h3-4,7-10,13H,5-6,11-12,14H2,1-2H3,(H,24,27). The van der Waals surface area contributed by atoms with Gasteiger partial charge in [0, 0.05) is 13.1 Å². The third-order valence-corrected chi connectivity index (χ3v) is 5.12. The molecule has 1 N–H and O–H groups in total. The smallest absolute Gasteiger partial charge is 0.259 e. The molecule has 29 heavy (non-hydrogen) atoms. The third kappa shape index (κ3) is 4.23. The first-order valence-corrected chi connectivity index (χ1v) is 9.78. The van der Waals surface area contributed by atoms with Crippen molar-refractivity contribution in [2.45, 2.75) is 33.3 Å². The van der Waals surface area contributed by atoms with Crippen LogP contribution in [0.5, 0.6) is 5.75 Å². The highest BCUT2D eigenvalue weighted by atomic mass is 16.5. The van der Waals surface area contributed by atoms with E-state index in [1.165, 1.54) is 12.8 Å². The maximum Gasteiger partial charge on any atom is 0.259 e. The molecule has 1 fully saturated rings. The lowest BCUT2D eigenvalue weighted by Crippen LogP contribution is -2.19. The number of hydrogen-bond donors (Lipinski definition) is 1. The molecule has 0 bridgehead atoms. The number of rotatable bonds is 6. The second kappa shape index (κ2) is 8.34. The number of anilines is 2.